The molecule has 0 radical (unpaired) electrons. The number of halogens is 1. The minimum atomic E-state index is -3.57. The van der Waals surface area contributed by atoms with Crippen molar-refractivity contribution in [3.8, 4) is 11.8 Å². The van der Waals surface area contributed by atoms with E-state index in [1.54, 1.807) is 37.4 Å². The third kappa shape index (κ3) is 4.26. The third-order valence-corrected chi connectivity index (χ3v) is 7.09. The van der Waals surface area contributed by atoms with E-state index in [-0.39, 0.29) is 4.90 Å². The van der Waals surface area contributed by atoms with Crippen LogP contribution in [0.15, 0.2) is 51.8 Å². The molecular weight excluding hydrogens is 430 g/mol. The van der Waals surface area contributed by atoms with Crippen molar-refractivity contribution in [3.05, 3.63) is 52.5 Å². The van der Waals surface area contributed by atoms with Crippen molar-refractivity contribution in [2.75, 3.05) is 38.2 Å². The van der Waals surface area contributed by atoms with Gasteiger partial charge in [0.1, 0.15) is 5.75 Å². The number of nitrogens with zero attached hydrogens (tertiary/aromatic N) is 3. The van der Waals surface area contributed by atoms with Crippen molar-refractivity contribution < 1.29 is 13.2 Å². The van der Waals surface area contributed by atoms with Crippen molar-refractivity contribution in [2.45, 2.75) is 11.3 Å². The van der Waals surface area contributed by atoms with E-state index in [1.807, 2.05) is 12.1 Å². The van der Waals surface area contributed by atoms with E-state index in [0.717, 1.165) is 18.7 Å². The number of anilines is 1. The molecule has 1 aliphatic heterocycles. The van der Waals surface area contributed by atoms with Gasteiger partial charge in [0.15, 0.2) is 0 Å². The van der Waals surface area contributed by atoms with Gasteiger partial charge in [0, 0.05) is 31.9 Å². The Labute approximate surface area is 168 Å². The van der Waals surface area contributed by atoms with E-state index in [0.29, 0.717) is 35.4 Å². The molecule has 2 aromatic rings. The summed E-state index contributed by atoms with van der Waals surface area (Å²) in [6, 6.07) is 14.3. The lowest BCUT2D eigenvalue weighted by Crippen LogP contribution is -2.35. The maximum absolute atomic E-state index is 13.0. The second kappa shape index (κ2) is 8.30. The SMILES string of the molecule is COc1ccc(S(=O)(=O)N2CCCN(c3ccc(C#N)cc3)CC2)cc1Br. The van der Waals surface area contributed by atoms with Gasteiger partial charge in [-0.05, 0) is 64.8 Å². The van der Waals surface area contributed by atoms with Crippen LogP contribution in [-0.4, -0.2) is 46.0 Å². The van der Waals surface area contributed by atoms with Gasteiger partial charge in [-0.25, -0.2) is 8.42 Å². The molecule has 0 aromatic heterocycles. The summed E-state index contributed by atoms with van der Waals surface area (Å²) >= 11 is 3.35. The number of benzene rings is 2. The summed E-state index contributed by atoms with van der Waals surface area (Å²) in [7, 11) is -2.03. The molecule has 3 rings (SSSR count). The minimum Gasteiger partial charge on any atom is -0.496 e. The number of nitriles is 1. The van der Waals surface area contributed by atoms with Crippen molar-refractivity contribution in [1.82, 2.24) is 4.31 Å². The summed E-state index contributed by atoms with van der Waals surface area (Å²) in [6.45, 7) is 2.25. The lowest BCUT2D eigenvalue weighted by atomic mass is 10.2. The fourth-order valence-electron chi connectivity index (χ4n) is 3.10. The second-order valence-electron chi connectivity index (χ2n) is 6.20. The first-order valence-corrected chi connectivity index (χ1v) is 10.8. The summed E-state index contributed by atoms with van der Waals surface area (Å²) in [5, 5.41) is 8.92. The number of methoxy groups -OCH3 is 1. The molecule has 1 heterocycles. The van der Waals surface area contributed by atoms with Crippen molar-refractivity contribution in [1.29, 1.82) is 5.26 Å². The predicted octanol–water partition coefficient (Wildman–Crippen LogP) is 3.23. The highest BCUT2D eigenvalue weighted by atomic mass is 79.9. The molecule has 6 nitrogen and oxygen atoms in total. The van der Waals surface area contributed by atoms with Crippen LogP contribution in [0.3, 0.4) is 0 Å². The van der Waals surface area contributed by atoms with Gasteiger partial charge in [-0.3, -0.25) is 0 Å². The van der Waals surface area contributed by atoms with Crippen LogP contribution in [0.2, 0.25) is 0 Å². The van der Waals surface area contributed by atoms with E-state index in [4.69, 9.17) is 10.00 Å². The summed E-state index contributed by atoms with van der Waals surface area (Å²) in [5.41, 5.74) is 1.61. The Bertz CT molecular complexity index is 955. The maximum atomic E-state index is 13.0. The standard InChI is InChI=1S/C19H20BrN3O3S/c1-26-19-8-7-17(13-18(19)20)27(24,25)23-10-2-9-22(11-12-23)16-5-3-15(14-21)4-6-16/h3-8,13H,2,9-12H2,1H3. The molecule has 0 spiro atoms. The van der Waals surface area contributed by atoms with Crippen LogP contribution >= 0.6 is 15.9 Å². The van der Waals surface area contributed by atoms with Gasteiger partial charge in [0.25, 0.3) is 0 Å². The van der Waals surface area contributed by atoms with Crippen LogP contribution in [0.4, 0.5) is 5.69 Å². The molecular formula is C19H20BrN3O3S. The molecule has 0 aliphatic carbocycles. The average molecular weight is 450 g/mol. The number of sulfonamides is 1. The van der Waals surface area contributed by atoms with E-state index in [1.165, 1.54) is 4.31 Å². The summed E-state index contributed by atoms with van der Waals surface area (Å²) < 4.78 is 33.4. The molecule has 8 heteroatoms. The Kier molecular flexibility index (Phi) is 6.05. The van der Waals surface area contributed by atoms with Gasteiger partial charge in [0.05, 0.1) is 28.1 Å². The number of rotatable bonds is 4. The molecule has 0 atom stereocenters. The summed E-state index contributed by atoms with van der Waals surface area (Å²) in [4.78, 5) is 2.41. The molecule has 27 heavy (non-hydrogen) atoms. The van der Waals surface area contributed by atoms with Gasteiger partial charge in [0.2, 0.25) is 10.0 Å². The lowest BCUT2D eigenvalue weighted by Gasteiger charge is -2.23. The topological polar surface area (TPSA) is 73.6 Å². The van der Waals surface area contributed by atoms with Crippen molar-refractivity contribution in [3.63, 3.8) is 0 Å². The van der Waals surface area contributed by atoms with Crippen LogP contribution in [0.25, 0.3) is 0 Å². The van der Waals surface area contributed by atoms with Gasteiger partial charge >= 0.3 is 0 Å². The largest absolute Gasteiger partial charge is 0.496 e. The van der Waals surface area contributed by atoms with Gasteiger partial charge < -0.3 is 9.64 Å². The summed E-state index contributed by atoms with van der Waals surface area (Å²) in [5.74, 6) is 0.594. The number of hydrogen-bond donors (Lipinski definition) is 0. The molecule has 142 valence electrons. The number of ether oxygens (including phenoxy) is 1. The zero-order chi connectivity index (χ0) is 19.4. The van der Waals surface area contributed by atoms with Gasteiger partial charge in [-0.2, -0.15) is 9.57 Å². The van der Waals surface area contributed by atoms with E-state index >= 15 is 0 Å². The van der Waals surface area contributed by atoms with Crippen molar-refractivity contribution >= 4 is 31.6 Å². The highest BCUT2D eigenvalue weighted by molar-refractivity contribution is 9.10. The molecule has 1 aliphatic rings. The first-order valence-electron chi connectivity index (χ1n) is 8.54. The molecule has 1 fully saturated rings. The van der Waals surface area contributed by atoms with E-state index < -0.39 is 10.0 Å². The van der Waals surface area contributed by atoms with Crippen LogP contribution in [0.1, 0.15) is 12.0 Å². The first-order chi connectivity index (χ1) is 13.0. The quantitative estimate of drug-likeness (QED) is 0.715. The van der Waals surface area contributed by atoms with Gasteiger partial charge in [-0.1, -0.05) is 0 Å². The van der Waals surface area contributed by atoms with E-state index in [2.05, 4.69) is 26.9 Å². The number of hydrogen-bond acceptors (Lipinski definition) is 5. The first kappa shape index (κ1) is 19.7. The highest BCUT2D eigenvalue weighted by Gasteiger charge is 2.27. The molecule has 2 aromatic carbocycles. The second-order valence-corrected chi connectivity index (χ2v) is 8.99. The fraction of sp³-hybridized carbons (Fsp3) is 0.316. The van der Waals surface area contributed by atoms with Crippen molar-refractivity contribution in [2.24, 2.45) is 0 Å². The normalized spacial score (nSPS) is 15.8. The fourth-order valence-corrected chi connectivity index (χ4v) is 5.28. The lowest BCUT2D eigenvalue weighted by molar-refractivity contribution is 0.411. The van der Waals surface area contributed by atoms with E-state index in [9.17, 15) is 8.42 Å². The maximum Gasteiger partial charge on any atom is 0.243 e. The zero-order valence-corrected chi connectivity index (χ0v) is 17.3. The summed E-state index contributed by atoms with van der Waals surface area (Å²) in [6.07, 6.45) is 0.733. The van der Waals surface area contributed by atoms with Crippen LogP contribution in [0.5, 0.6) is 5.75 Å². The van der Waals surface area contributed by atoms with Crippen LogP contribution in [0, 0.1) is 11.3 Å². The molecule has 0 bridgehead atoms. The monoisotopic (exact) mass is 449 g/mol. The highest BCUT2D eigenvalue weighted by Crippen LogP contribution is 2.29. The Morgan fingerprint density at radius 1 is 1.07 bits per heavy atom. The molecule has 0 N–H and O–H groups in total. The van der Waals surface area contributed by atoms with Gasteiger partial charge in [-0.15, -0.1) is 0 Å². The van der Waals surface area contributed by atoms with Crippen LogP contribution in [-0.2, 0) is 10.0 Å². The predicted molar refractivity (Wildman–Crippen MR) is 107 cm³/mol. The Morgan fingerprint density at radius 3 is 2.44 bits per heavy atom. The zero-order valence-electron chi connectivity index (χ0n) is 14.9. The smallest absolute Gasteiger partial charge is 0.243 e. The Hall–Kier alpha value is -2.08. The molecule has 0 amide bonds. The Morgan fingerprint density at radius 2 is 1.81 bits per heavy atom. The minimum absolute atomic E-state index is 0.252. The average Bonchev–Trinajstić information content (AvgIpc) is 2.95. The molecule has 0 unspecified atom stereocenters. The third-order valence-electron chi connectivity index (χ3n) is 4.58. The molecule has 1 saturated heterocycles. The van der Waals surface area contributed by atoms with Crippen LogP contribution < -0.4 is 9.64 Å². The molecule has 0 saturated carbocycles. The Balaban J connectivity index is 1.76.